The Hall–Kier alpha value is -1.75. The molecule has 0 radical (unpaired) electrons. The summed E-state index contributed by atoms with van der Waals surface area (Å²) in [5.74, 6) is 1.02. The summed E-state index contributed by atoms with van der Waals surface area (Å²) in [7, 11) is 1.69. The SMILES string of the molecule is COc1cccc(NC2CCN(CCC(=O)NC(C)(C)C)CC2)c1. The number of benzene rings is 1. The van der Waals surface area contributed by atoms with Gasteiger partial charge >= 0.3 is 0 Å². The number of nitrogens with zero attached hydrogens (tertiary/aromatic N) is 1. The van der Waals surface area contributed by atoms with Gasteiger partial charge in [0, 0.05) is 49.4 Å². The lowest BCUT2D eigenvalue weighted by Crippen LogP contribution is -2.44. The molecule has 0 spiro atoms. The lowest BCUT2D eigenvalue weighted by molar-refractivity contribution is -0.122. The normalized spacial score (nSPS) is 16.7. The van der Waals surface area contributed by atoms with E-state index in [1.807, 2.05) is 39.0 Å². The highest BCUT2D eigenvalue weighted by Gasteiger charge is 2.20. The number of hydrogen-bond acceptors (Lipinski definition) is 4. The number of hydrogen-bond donors (Lipinski definition) is 2. The van der Waals surface area contributed by atoms with Crippen molar-refractivity contribution < 1.29 is 9.53 Å². The molecule has 5 nitrogen and oxygen atoms in total. The Balaban J connectivity index is 1.70. The zero-order valence-electron chi connectivity index (χ0n) is 15.4. The van der Waals surface area contributed by atoms with Crippen molar-refractivity contribution in [2.75, 3.05) is 32.1 Å². The maximum atomic E-state index is 11.9. The van der Waals surface area contributed by atoms with Gasteiger partial charge in [0.25, 0.3) is 0 Å². The van der Waals surface area contributed by atoms with E-state index in [-0.39, 0.29) is 11.4 Å². The van der Waals surface area contributed by atoms with Gasteiger partial charge in [-0.2, -0.15) is 0 Å². The molecular formula is C19H31N3O2. The van der Waals surface area contributed by atoms with Crippen molar-refractivity contribution >= 4 is 11.6 Å². The highest BCUT2D eigenvalue weighted by Crippen LogP contribution is 2.20. The third-order valence-corrected chi connectivity index (χ3v) is 4.20. The molecule has 2 rings (SSSR count). The molecule has 1 heterocycles. The standard InChI is InChI=1S/C19H31N3O2/c1-19(2,3)21-18(23)10-13-22-11-8-15(9-12-22)20-16-6-5-7-17(14-16)24-4/h5-7,14-15,20H,8-13H2,1-4H3,(H,21,23). The Morgan fingerprint density at radius 1 is 1.29 bits per heavy atom. The molecule has 1 saturated heterocycles. The number of likely N-dealkylation sites (tertiary alicyclic amines) is 1. The van der Waals surface area contributed by atoms with Gasteiger partial charge in [-0.1, -0.05) is 6.07 Å². The third kappa shape index (κ3) is 6.40. The lowest BCUT2D eigenvalue weighted by Gasteiger charge is -2.33. The number of rotatable bonds is 6. The number of anilines is 1. The molecule has 0 aromatic heterocycles. The first-order valence-electron chi connectivity index (χ1n) is 8.80. The Morgan fingerprint density at radius 3 is 2.62 bits per heavy atom. The van der Waals surface area contributed by atoms with Crippen molar-refractivity contribution in [1.82, 2.24) is 10.2 Å². The van der Waals surface area contributed by atoms with Crippen LogP contribution in [0.15, 0.2) is 24.3 Å². The molecular weight excluding hydrogens is 302 g/mol. The molecule has 1 aromatic carbocycles. The summed E-state index contributed by atoms with van der Waals surface area (Å²) in [6.45, 7) is 8.95. The molecule has 0 aliphatic carbocycles. The van der Waals surface area contributed by atoms with E-state index < -0.39 is 0 Å². The van der Waals surface area contributed by atoms with Gasteiger partial charge in [0.15, 0.2) is 0 Å². The molecule has 0 unspecified atom stereocenters. The van der Waals surface area contributed by atoms with Crippen LogP contribution in [0.2, 0.25) is 0 Å². The van der Waals surface area contributed by atoms with Crippen molar-refractivity contribution in [3.05, 3.63) is 24.3 Å². The topological polar surface area (TPSA) is 53.6 Å². The van der Waals surface area contributed by atoms with Crippen LogP contribution in [0.3, 0.4) is 0 Å². The Labute approximate surface area is 145 Å². The largest absolute Gasteiger partial charge is 0.497 e. The summed E-state index contributed by atoms with van der Waals surface area (Å²) in [6, 6.07) is 8.55. The Bertz CT molecular complexity index is 532. The zero-order chi connectivity index (χ0) is 17.6. The van der Waals surface area contributed by atoms with Gasteiger partial charge in [-0.05, 0) is 45.7 Å². The molecule has 0 saturated carbocycles. The van der Waals surface area contributed by atoms with Gasteiger partial charge in [0.2, 0.25) is 5.91 Å². The van der Waals surface area contributed by atoms with E-state index in [1.165, 1.54) is 0 Å². The Morgan fingerprint density at radius 2 is 2.00 bits per heavy atom. The highest BCUT2D eigenvalue weighted by molar-refractivity contribution is 5.76. The van der Waals surface area contributed by atoms with Crippen LogP contribution >= 0.6 is 0 Å². The van der Waals surface area contributed by atoms with Crippen LogP contribution in [0.5, 0.6) is 5.75 Å². The second kappa shape index (κ2) is 8.38. The third-order valence-electron chi connectivity index (χ3n) is 4.20. The average Bonchev–Trinajstić information content (AvgIpc) is 2.53. The van der Waals surface area contributed by atoms with Crippen LogP contribution in [-0.4, -0.2) is 49.1 Å². The van der Waals surface area contributed by atoms with Crippen molar-refractivity contribution in [2.45, 2.75) is 51.6 Å². The van der Waals surface area contributed by atoms with E-state index in [0.29, 0.717) is 12.5 Å². The van der Waals surface area contributed by atoms with Crippen molar-refractivity contribution in [1.29, 1.82) is 0 Å². The summed E-state index contributed by atoms with van der Waals surface area (Å²) >= 11 is 0. The maximum Gasteiger partial charge on any atom is 0.221 e. The number of amides is 1. The monoisotopic (exact) mass is 333 g/mol. The molecule has 1 fully saturated rings. The Kier molecular flexibility index (Phi) is 6.49. The predicted molar refractivity (Wildman–Crippen MR) is 98.6 cm³/mol. The number of methoxy groups -OCH3 is 1. The molecule has 134 valence electrons. The van der Waals surface area contributed by atoms with Gasteiger partial charge in [-0.15, -0.1) is 0 Å². The van der Waals surface area contributed by atoms with Gasteiger partial charge in [0.05, 0.1) is 7.11 Å². The first-order chi connectivity index (χ1) is 11.4. The highest BCUT2D eigenvalue weighted by atomic mass is 16.5. The van der Waals surface area contributed by atoms with Gasteiger partial charge in [0.1, 0.15) is 5.75 Å². The molecule has 5 heteroatoms. The molecule has 24 heavy (non-hydrogen) atoms. The molecule has 1 aliphatic rings. The fraction of sp³-hybridized carbons (Fsp3) is 0.632. The molecule has 0 atom stereocenters. The van der Waals surface area contributed by atoms with E-state index in [1.54, 1.807) is 7.11 Å². The number of carbonyl (C=O) groups excluding carboxylic acids is 1. The lowest BCUT2D eigenvalue weighted by atomic mass is 10.0. The second-order valence-electron chi connectivity index (χ2n) is 7.54. The van der Waals surface area contributed by atoms with Crippen molar-refractivity contribution in [3.8, 4) is 5.75 Å². The van der Waals surface area contributed by atoms with E-state index in [2.05, 4.69) is 21.6 Å². The fourth-order valence-electron chi connectivity index (χ4n) is 2.99. The average molecular weight is 333 g/mol. The minimum atomic E-state index is -0.148. The van der Waals surface area contributed by atoms with Crippen LogP contribution in [0.4, 0.5) is 5.69 Å². The maximum absolute atomic E-state index is 11.9. The quantitative estimate of drug-likeness (QED) is 0.840. The minimum absolute atomic E-state index is 0.138. The number of carbonyl (C=O) groups is 1. The summed E-state index contributed by atoms with van der Waals surface area (Å²) < 4.78 is 5.26. The molecule has 1 amide bonds. The predicted octanol–water partition coefficient (Wildman–Crippen LogP) is 2.88. The second-order valence-corrected chi connectivity index (χ2v) is 7.54. The van der Waals surface area contributed by atoms with Crippen LogP contribution in [-0.2, 0) is 4.79 Å². The van der Waals surface area contributed by atoms with Crippen LogP contribution in [0, 0.1) is 0 Å². The van der Waals surface area contributed by atoms with Crippen LogP contribution < -0.4 is 15.4 Å². The summed E-state index contributed by atoms with van der Waals surface area (Å²) in [4.78, 5) is 14.3. The van der Waals surface area contributed by atoms with E-state index >= 15 is 0 Å². The number of ether oxygens (including phenoxy) is 1. The molecule has 2 N–H and O–H groups in total. The van der Waals surface area contributed by atoms with Crippen LogP contribution in [0.1, 0.15) is 40.0 Å². The summed E-state index contributed by atoms with van der Waals surface area (Å²) in [5.41, 5.74) is 0.961. The smallest absolute Gasteiger partial charge is 0.221 e. The number of nitrogens with one attached hydrogen (secondary N) is 2. The molecule has 0 bridgehead atoms. The molecule has 1 aromatic rings. The molecule has 1 aliphatic heterocycles. The van der Waals surface area contributed by atoms with Gasteiger partial charge in [-0.25, -0.2) is 0 Å². The minimum Gasteiger partial charge on any atom is -0.497 e. The first kappa shape index (κ1) is 18.6. The van der Waals surface area contributed by atoms with Crippen molar-refractivity contribution in [2.24, 2.45) is 0 Å². The summed E-state index contributed by atoms with van der Waals surface area (Å²) in [5, 5.41) is 6.61. The zero-order valence-corrected chi connectivity index (χ0v) is 15.4. The van der Waals surface area contributed by atoms with Crippen molar-refractivity contribution in [3.63, 3.8) is 0 Å². The first-order valence-corrected chi connectivity index (χ1v) is 8.80. The van der Waals surface area contributed by atoms with Crippen LogP contribution in [0.25, 0.3) is 0 Å². The van der Waals surface area contributed by atoms with E-state index in [9.17, 15) is 4.79 Å². The summed E-state index contributed by atoms with van der Waals surface area (Å²) in [6.07, 6.45) is 2.77. The fourth-order valence-corrected chi connectivity index (χ4v) is 2.99. The van der Waals surface area contributed by atoms with Gasteiger partial charge < -0.3 is 20.3 Å². The van der Waals surface area contributed by atoms with E-state index in [4.69, 9.17) is 4.74 Å². The van der Waals surface area contributed by atoms with E-state index in [0.717, 1.165) is 43.9 Å². The van der Waals surface area contributed by atoms with Gasteiger partial charge in [-0.3, -0.25) is 4.79 Å². The number of piperidine rings is 1.